The minimum Gasteiger partial charge on any atom is -0.354 e. The van der Waals surface area contributed by atoms with Gasteiger partial charge in [-0.25, -0.2) is 4.98 Å². The molecule has 0 aliphatic rings. The van der Waals surface area contributed by atoms with E-state index in [1.54, 1.807) is 36.8 Å². The van der Waals surface area contributed by atoms with E-state index in [4.69, 9.17) is 0 Å². The summed E-state index contributed by atoms with van der Waals surface area (Å²) in [7, 11) is 0. The lowest BCUT2D eigenvalue weighted by atomic mass is 10.2. The maximum absolute atomic E-state index is 12.2. The number of carbonyl (C=O) groups excluding carboxylic acids is 2. The van der Waals surface area contributed by atoms with Crippen LogP contribution in [0, 0.1) is 0 Å². The molecule has 136 valence electrons. The van der Waals surface area contributed by atoms with Crippen molar-refractivity contribution in [3.8, 4) is 0 Å². The largest absolute Gasteiger partial charge is 0.354 e. The van der Waals surface area contributed by atoms with Crippen molar-refractivity contribution in [3.63, 3.8) is 0 Å². The monoisotopic (exact) mass is 361 g/mol. The Morgan fingerprint density at radius 3 is 2.44 bits per heavy atom. The first-order valence-electron chi connectivity index (χ1n) is 8.38. The van der Waals surface area contributed by atoms with Crippen LogP contribution >= 0.6 is 0 Å². The molecular formula is C20H19N5O2. The van der Waals surface area contributed by atoms with E-state index in [-0.39, 0.29) is 11.8 Å². The molecule has 27 heavy (non-hydrogen) atoms. The van der Waals surface area contributed by atoms with Gasteiger partial charge in [-0.15, -0.1) is 0 Å². The van der Waals surface area contributed by atoms with E-state index in [2.05, 4.69) is 25.9 Å². The number of rotatable bonds is 6. The maximum atomic E-state index is 12.2. The number of hydrogen-bond donors (Lipinski definition) is 3. The predicted octanol–water partition coefficient (Wildman–Crippen LogP) is 3.11. The summed E-state index contributed by atoms with van der Waals surface area (Å²) in [6, 6.07) is 14.5. The Labute approximate surface area is 156 Å². The number of pyridine rings is 2. The molecule has 0 unspecified atom stereocenters. The Hall–Kier alpha value is -3.74. The highest BCUT2D eigenvalue weighted by Crippen LogP contribution is 2.19. The quantitative estimate of drug-likeness (QED) is 0.627. The van der Waals surface area contributed by atoms with Gasteiger partial charge in [-0.1, -0.05) is 6.07 Å². The number of benzene rings is 1. The van der Waals surface area contributed by atoms with E-state index in [0.717, 1.165) is 16.9 Å². The third-order valence-electron chi connectivity index (χ3n) is 3.67. The van der Waals surface area contributed by atoms with Gasteiger partial charge in [0.1, 0.15) is 5.69 Å². The standard InChI is InChI=1S/C20H19N5O2/c1-14(26)24-16-3-2-4-17(11-16)25-18-5-6-19(22-13-18)20(27)23-12-15-7-9-21-10-8-15/h2-11,13,25H,12H2,1H3,(H,23,27)(H,24,26). The minimum atomic E-state index is -0.244. The molecule has 0 spiro atoms. The molecule has 0 aliphatic carbocycles. The van der Waals surface area contributed by atoms with Gasteiger partial charge in [0.25, 0.3) is 5.91 Å². The Balaban J connectivity index is 1.60. The molecule has 2 heterocycles. The van der Waals surface area contributed by atoms with E-state index in [9.17, 15) is 9.59 Å². The highest BCUT2D eigenvalue weighted by atomic mass is 16.2. The van der Waals surface area contributed by atoms with Crippen molar-refractivity contribution in [2.24, 2.45) is 0 Å². The summed E-state index contributed by atoms with van der Waals surface area (Å²) in [5.41, 5.74) is 3.54. The van der Waals surface area contributed by atoms with Crippen LogP contribution in [0.3, 0.4) is 0 Å². The number of amides is 2. The van der Waals surface area contributed by atoms with Crippen LogP contribution in [0.4, 0.5) is 17.1 Å². The minimum absolute atomic E-state index is 0.129. The summed E-state index contributed by atoms with van der Waals surface area (Å²) in [6.07, 6.45) is 4.95. The Bertz CT molecular complexity index is 927. The highest BCUT2D eigenvalue weighted by molar-refractivity contribution is 5.92. The first-order valence-corrected chi connectivity index (χ1v) is 8.38. The van der Waals surface area contributed by atoms with Crippen molar-refractivity contribution in [2.45, 2.75) is 13.5 Å². The molecule has 0 atom stereocenters. The topological polar surface area (TPSA) is 96.0 Å². The number of aromatic nitrogens is 2. The zero-order chi connectivity index (χ0) is 19.1. The van der Waals surface area contributed by atoms with Crippen LogP contribution in [0.1, 0.15) is 23.0 Å². The van der Waals surface area contributed by atoms with Crippen molar-refractivity contribution in [2.75, 3.05) is 10.6 Å². The summed E-state index contributed by atoms with van der Waals surface area (Å²) in [4.78, 5) is 31.5. The van der Waals surface area contributed by atoms with Gasteiger partial charge in [0.2, 0.25) is 5.91 Å². The van der Waals surface area contributed by atoms with Crippen molar-refractivity contribution in [1.82, 2.24) is 15.3 Å². The van der Waals surface area contributed by atoms with Crippen molar-refractivity contribution in [3.05, 3.63) is 78.4 Å². The molecule has 0 saturated heterocycles. The van der Waals surface area contributed by atoms with Gasteiger partial charge in [-0.3, -0.25) is 14.6 Å². The molecule has 3 aromatic rings. The van der Waals surface area contributed by atoms with Crippen LogP contribution in [-0.4, -0.2) is 21.8 Å². The van der Waals surface area contributed by atoms with E-state index in [1.807, 2.05) is 30.3 Å². The Morgan fingerprint density at radius 2 is 1.74 bits per heavy atom. The SMILES string of the molecule is CC(=O)Nc1cccc(Nc2ccc(C(=O)NCc3ccncc3)nc2)c1. The molecule has 1 aromatic carbocycles. The van der Waals surface area contributed by atoms with Gasteiger partial charge in [-0.05, 0) is 48.0 Å². The zero-order valence-corrected chi connectivity index (χ0v) is 14.8. The van der Waals surface area contributed by atoms with E-state index < -0.39 is 0 Å². The van der Waals surface area contributed by atoms with Crippen molar-refractivity contribution in [1.29, 1.82) is 0 Å². The van der Waals surface area contributed by atoms with Gasteiger partial charge >= 0.3 is 0 Å². The highest BCUT2D eigenvalue weighted by Gasteiger charge is 2.07. The molecule has 2 aromatic heterocycles. The molecular weight excluding hydrogens is 342 g/mol. The van der Waals surface area contributed by atoms with Crippen molar-refractivity contribution >= 4 is 28.9 Å². The molecule has 7 heteroatoms. The molecule has 7 nitrogen and oxygen atoms in total. The molecule has 0 bridgehead atoms. The van der Waals surface area contributed by atoms with Gasteiger partial charge in [0.15, 0.2) is 0 Å². The molecule has 3 N–H and O–H groups in total. The van der Waals surface area contributed by atoms with E-state index in [0.29, 0.717) is 17.9 Å². The summed E-state index contributed by atoms with van der Waals surface area (Å²) < 4.78 is 0. The lowest BCUT2D eigenvalue weighted by Crippen LogP contribution is -2.23. The fourth-order valence-electron chi connectivity index (χ4n) is 2.42. The van der Waals surface area contributed by atoms with Gasteiger partial charge < -0.3 is 16.0 Å². The number of hydrogen-bond acceptors (Lipinski definition) is 5. The van der Waals surface area contributed by atoms with Gasteiger partial charge in [-0.2, -0.15) is 0 Å². The fourth-order valence-corrected chi connectivity index (χ4v) is 2.42. The average molecular weight is 361 g/mol. The summed E-state index contributed by atoms with van der Waals surface area (Å²) in [5, 5.41) is 8.74. The molecule has 0 fully saturated rings. The van der Waals surface area contributed by atoms with E-state index >= 15 is 0 Å². The van der Waals surface area contributed by atoms with E-state index in [1.165, 1.54) is 6.92 Å². The van der Waals surface area contributed by atoms with Crippen LogP contribution in [0.5, 0.6) is 0 Å². The number of nitrogens with zero attached hydrogens (tertiary/aromatic N) is 2. The summed E-state index contributed by atoms with van der Waals surface area (Å²) in [5.74, 6) is -0.373. The van der Waals surface area contributed by atoms with Crippen molar-refractivity contribution < 1.29 is 9.59 Å². The van der Waals surface area contributed by atoms with Gasteiger partial charge in [0, 0.05) is 37.2 Å². The fraction of sp³-hybridized carbons (Fsp3) is 0.100. The number of nitrogens with one attached hydrogen (secondary N) is 3. The van der Waals surface area contributed by atoms with Crippen LogP contribution in [0.2, 0.25) is 0 Å². The second-order valence-corrected chi connectivity index (χ2v) is 5.86. The zero-order valence-electron chi connectivity index (χ0n) is 14.8. The summed E-state index contributed by atoms with van der Waals surface area (Å²) in [6.45, 7) is 1.88. The first-order chi connectivity index (χ1) is 13.1. The van der Waals surface area contributed by atoms with Crippen LogP contribution in [0.25, 0.3) is 0 Å². The Kier molecular flexibility index (Phi) is 5.73. The predicted molar refractivity (Wildman–Crippen MR) is 104 cm³/mol. The molecule has 0 radical (unpaired) electrons. The number of carbonyl (C=O) groups is 2. The second kappa shape index (κ2) is 8.57. The Morgan fingerprint density at radius 1 is 0.963 bits per heavy atom. The van der Waals surface area contributed by atoms with Crippen LogP contribution in [-0.2, 0) is 11.3 Å². The lowest BCUT2D eigenvalue weighted by molar-refractivity contribution is -0.114. The molecule has 0 aliphatic heterocycles. The lowest BCUT2D eigenvalue weighted by Gasteiger charge is -2.09. The van der Waals surface area contributed by atoms with Crippen LogP contribution < -0.4 is 16.0 Å². The average Bonchev–Trinajstić information content (AvgIpc) is 2.67. The first kappa shape index (κ1) is 18.1. The van der Waals surface area contributed by atoms with Gasteiger partial charge in [0.05, 0.1) is 11.9 Å². The second-order valence-electron chi connectivity index (χ2n) is 5.86. The third-order valence-corrected chi connectivity index (χ3v) is 3.67. The maximum Gasteiger partial charge on any atom is 0.270 e. The summed E-state index contributed by atoms with van der Waals surface area (Å²) >= 11 is 0. The molecule has 0 saturated carbocycles. The smallest absolute Gasteiger partial charge is 0.270 e. The normalized spacial score (nSPS) is 10.1. The molecule has 3 rings (SSSR count). The molecule has 2 amide bonds. The van der Waals surface area contributed by atoms with Crippen LogP contribution in [0.15, 0.2) is 67.1 Å². The number of anilines is 3. The third kappa shape index (κ3) is 5.37.